The second-order valence-electron chi connectivity index (χ2n) is 6.48. The Morgan fingerprint density at radius 3 is 2.34 bits per heavy atom. The molecule has 29 heavy (non-hydrogen) atoms. The Kier molecular flexibility index (Phi) is 6.15. The van der Waals surface area contributed by atoms with E-state index in [9.17, 15) is 23.1 Å². The summed E-state index contributed by atoms with van der Waals surface area (Å²) in [6.07, 6.45) is 0.731. The number of hydrogen-bond donors (Lipinski definition) is 1. The number of nitrogens with zero attached hydrogens (tertiary/aromatic N) is 3. The largest absolute Gasteiger partial charge is 0.503 e. The molecule has 11 heteroatoms. The van der Waals surface area contributed by atoms with Gasteiger partial charge >= 0.3 is 11.7 Å². The minimum absolute atomic E-state index is 0.116. The van der Waals surface area contributed by atoms with Crippen LogP contribution < -0.4 is 5.56 Å². The van der Waals surface area contributed by atoms with Gasteiger partial charge in [-0.25, -0.2) is 17.2 Å². The monoisotopic (exact) mass is 441 g/mol. The lowest BCUT2D eigenvalue weighted by molar-refractivity contribution is 0.0886. The standard InChI is InChI=1S/C18H20ClN3O6S/c1-28-18(25)21-10-8-20(9-11-21)12-13-6-7-22(17(24)16(13)23)29(26,27)15-4-2-14(19)3-5-15/h2-7,23H,8-12H2,1H3. The molecule has 0 spiro atoms. The van der Waals surface area contributed by atoms with Crippen molar-refractivity contribution in [1.82, 2.24) is 13.8 Å². The third-order valence-electron chi connectivity index (χ3n) is 4.69. The fraction of sp³-hybridized carbons (Fsp3) is 0.333. The Balaban J connectivity index is 1.79. The molecule has 1 aliphatic rings. The van der Waals surface area contributed by atoms with Crippen LogP contribution in [0.4, 0.5) is 4.79 Å². The van der Waals surface area contributed by atoms with Crippen molar-refractivity contribution in [2.45, 2.75) is 11.4 Å². The van der Waals surface area contributed by atoms with Gasteiger partial charge in [0.05, 0.1) is 12.0 Å². The number of methoxy groups -OCH3 is 1. The molecule has 156 valence electrons. The zero-order valence-electron chi connectivity index (χ0n) is 15.6. The van der Waals surface area contributed by atoms with Crippen molar-refractivity contribution in [2.24, 2.45) is 0 Å². The highest BCUT2D eigenvalue weighted by Crippen LogP contribution is 2.20. The number of hydrogen-bond acceptors (Lipinski definition) is 7. The van der Waals surface area contributed by atoms with Gasteiger partial charge in [-0.2, -0.15) is 0 Å². The van der Waals surface area contributed by atoms with E-state index in [0.717, 1.165) is 6.20 Å². The Hall–Kier alpha value is -2.56. The Morgan fingerprint density at radius 2 is 1.76 bits per heavy atom. The summed E-state index contributed by atoms with van der Waals surface area (Å²) in [7, 11) is -2.85. The molecule has 3 rings (SSSR count). The molecule has 1 aromatic carbocycles. The molecule has 0 saturated carbocycles. The van der Waals surface area contributed by atoms with Gasteiger partial charge in [-0.1, -0.05) is 11.6 Å². The highest BCUT2D eigenvalue weighted by atomic mass is 35.5. The van der Waals surface area contributed by atoms with E-state index in [4.69, 9.17) is 11.6 Å². The lowest BCUT2D eigenvalue weighted by atomic mass is 10.2. The molecule has 0 radical (unpaired) electrons. The molecule has 1 saturated heterocycles. The van der Waals surface area contributed by atoms with E-state index in [1.54, 1.807) is 4.90 Å². The molecule has 1 aromatic heterocycles. The van der Waals surface area contributed by atoms with Crippen LogP contribution in [0.2, 0.25) is 5.02 Å². The maximum absolute atomic E-state index is 12.7. The number of carbonyl (C=O) groups excluding carboxylic acids is 1. The second-order valence-corrected chi connectivity index (χ2v) is 8.73. The minimum atomic E-state index is -4.16. The van der Waals surface area contributed by atoms with Gasteiger partial charge in [0.25, 0.3) is 10.0 Å². The molecule has 0 aliphatic carbocycles. The van der Waals surface area contributed by atoms with Gasteiger partial charge in [0.1, 0.15) is 0 Å². The number of aromatic hydroxyl groups is 1. The fourth-order valence-electron chi connectivity index (χ4n) is 3.04. The summed E-state index contributed by atoms with van der Waals surface area (Å²) in [5, 5.41) is 10.7. The van der Waals surface area contributed by atoms with E-state index in [0.29, 0.717) is 40.7 Å². The SMILES string of the molecule is COC(=O)N1CCN(Cc2ccn(S(=O)(=O)c3ccc(Cl)cc3)c(=O)c2O)CC1. The first-order valence-electron chi connectivity index (χ1n) is 8.74. The van der Waals surface area contributed by atoms with Crippen LogP contribution in [0.15, 0.2) is 46.2 Å². The number of aromatic nitrogens is 1. The van der Waals surface area contributed by atoms with Crippen molar-refractivity contribution in [1.29, 1.82) is 0 Å². The summed E-state index contributed by atoms with van der Waals surface area (Å²) in [5.74, 6) is -0.625. The Labute approximate surface area is 172 Å². The molecule has 1 amide bonds. The normalized spacial score (nSPS) is 15.3. The fourth-order valence-corrected chi connectivity index (χ4v) is 4.40. The number of carbonyl (C=O) groups is 1. The van der Waals surface area contributed by atoms with Crippen molar-refractivity contribution in [3.8, 4) is 5.75 Å². The zero-order valence-corrected chi connectivity index (χ0v) is 17.2. The van der Waals surface area contributed by atoms with E-state index in [1.165, 1.54) is 37.4 Å². The summed E-state index contributed by atoms with van der Waals surface area (Å²) in [5.41, 5.74) is -0.713. The molecule has 2 aromatic rings. The van der Waals surface area contributed by atoms with Crippen LogP contribution in [0.1, 0.15) is 5.56 Å². The van der Waals surface area contributed by atoms with Crippen LogP contribution in [-0.4, -0.2) is 66.7 Å². The predicted octanol–water partition coefficient (Wildman–Crippen LogP) is 1.33. The first-order chi connectivity index (χ1) is 13.7. The summed E-state index contributed by atoms with van der Waals surface area (Å²) >= 11 is 5.78. The number of rotatable bonds is 4. The molecule has 0 unspecified atom stereocenters. The van der Waals surface area contributed by atoms with Gasteiger partial charge in [0.2, 0.25) is 0 Å². The highest BCUT2D eigenvalue weighted by Gasteiger charge is 2.24. The Morgan fingerprint density at radius 1 is 1.14 bits per heavy atom. The van der Waals surface area contributed by atoms with Gasteiger partial charge in [-0.05, 0) is 30.3 Å². The number of ether oxygens (including phenoxy) is 1. The number of benzene rings is 1. The topological polar surface area (TPSA) is 109 Å². The van der Waals surface area contributed by atoms with Crippen LogP contribution in [0.25, 0.3) is 0 Å². The highest BCUT2D eigenvalue weighted by molar-refractivity contribution is 7.90. The average Bonchev–Trinajstić information content (AvgIpc) is 2.71. The summed E-state index contributed by atoms with van der Waals surface area (Å²) in [4.78, 5) is 27.4. The lowest BCUT2D eigenvalue weighted by Crippen LogP contribution is -2.48. The van der Waals surface area contributed by atoms with Gasteiger partial charge in [-0.15, -0.1) is 0 Å². The molecule has 0 bridgehead atoms. The van der Waals surface area contributed by atoms with E-state index >= 15 is 0 Å². The molecule has 1 N–H and O–H groups in total. The molecular formula is C18H20ClN3O6S. The number of amides is 1. The van der Waals surface area contributed by atoms with Crippen molar-refractivity contribution in [3.63, 3.8) is 0 Å². The van der Waals surface area contributed by atoms with E-state index in [1.807, 2.05) is 4.90 Å². The van der Waals surface area contributed by atoms with E-state index in [-0.39, 0.29) is 11.4 Å². The van der Waals surface area contributed by atoms with Gasteiger partial charge in [0, 0.05) is 49.5 Å². The summed E-state index contributed by atoms with van der Waals surface area (Å²) in [6.45, 7) is 2.21. The first-order valence-corrected chi connectivity index (χ1v) is 10.6. The first kappa shape index (κ1) is 21.2. The van der Waals surface area contributed by atoms with Gasteiger partial charge < -0.3 is 14.7 Å². The predicted molar refractivity (Wildman–Crippen MR) is 106 cm³/mol. The molecule has 9 nitrogen and oxygen atoms in total. The smallest absolute Gasteiger partial charge is 0.409 e. The molecule has 1 fully saturated rings. The second kappa shape index (κ2) is 8.44. The van der Waals surface area contributed by atoms with Crippen molar-refractivity contribution >= 4 is 27.7 Å². The quantitative estimate of drug-likeness (QED) is 0.762. The molecule has 0 atom stereocenters. The minimum Gasteiger partial charge on any atom is -0.503 e. The van der Waals surface area contributed by atoms with Crippen molar-refractivity contribution in [2.75, 3.05) is 33.3 Å². The van der Waals surface area contributed by atoms with Crippen LogP contribution in [0, 0.1) is 0 Å². The third kappa shape index (κ3) is 4.39. The summed E-state index contributed by atoms with van der Waals surface area (Å²) < 4.78 is 30.6. The molecular weight excluding hydrogens is 422 g/mol. The van der Waals surface area contributed by atoms with Crippen LogP contribution >= 0.6 is 11.6 Å². The van der Waals surface area contributed by atoms with E-state index < -0.39 is 27.4 Å². The maximum atomic E-state index is 12.7. The van der Waals surface area contributed by atoms with Crippen molar-refractivity contribution in [3.05, 3.63) is 57.5 Å². The van der Waals surface area contributed by atoms with Crippen LogP contribution in [-0.2, 0) is 21.3 Å². The molecule has 1 aliphatic heterocycles. The van der Waals surface area contributed by atoms with Gasteiger partial charge in [-0.3, -0.25) is 9.69 Å². The van der Waals surface area contributed by atoms with Crippen LogP contribution in [0.5, 0.6) is 5.75 Å². The number of piperazine rings is 1. The Bertz CT molecular complexity index is 1060. The van der Waals surface area contributed by atoms with E-state index in [2.05, 4.69) is 4.74 Å². The number of pyridine rings is 1. The van der Waals surface area contributed by atoms with Crippen LogP contribution in [0.3, 0.4) is 0 Å². The third-order valence-corrected chi connectivity index (χ3v) is 6.61. The summed E-state index contributed by atoms with van der Waals surface area (Å²) in [6, 6.07) is 6.78. The van der Waals surface area contributed by atoms with Gasteiger partial charge in [0.15, 0.2) is 5.75 Å². The maximum Gasteiger partial charge on any atom is 0.409 e. The average molecular weight is 442 g/mol. The lowest BCUT2D eigenvalue weighted by Gasteiger charge is -2.33. The number of halogens is 1. The van der Waals surface area contributed by atoms with Crippen molar-refractivity contribution < 1.29 is 23.1 Å². The molecule has 2 heterocycles. The zero-order chi connectivity index (χ0) is 21.2.